The van der Waals surface area contributed by atoms with Crippen LogP contribution < -0.4 is 9.64 Å². The molecule has 18 heavy (non-hydrogen) atoms. The average molecular weight is 240 g/mol. The van der Waals surface area contributed by atoms with Gasteiger partial charge in [0.2, 0.25) is 0 Å². The number of carbonyl (C=O) groups excluding carboxylic acids is 1. The number of amides is 1. The maximum atomic E-state index is 11.9. The molecule has 0 aliphatic carbocycles. The van der Waals surface area contributed by atoms with Crippen molar-refractivity contribution < 1.29 is 9.53 Å². The number of para-hydroxylation sites is 2. The van der Waals surface area contributed by atoms with Gasteiger partial charge in [-0.2, -0.15) is 0 Å². The van der Waals surface area contributed by atoms with Crippen molar-refractivity contribution in [1.82, 2.24) is 4.98 Å². The maximum Gasteiger partial charge on any atom is 0.265 e. The summed E-state index contributed by atoms with van der Waals surface area (Å²) in [5, 5.41) is 0. The Labute approximate surface area is 105 Å². The molecule has 0 bridgehead atoms. The van der Waals surface area contributed by atoms with Gasteiger partial charge in [0.15, 0.2) is 6.61 Å². The van der Waals surface area contributed by atoms with E-state index >= 15 is 0 Å². The maximum absolute atomic E-state index is 11.9. The van der Waals surface area contributed by atoms with Gasteiger partial charge in [-0.05, 0) is 24.3 Å². The van der Waals surface area contributed by atoms with Gasteiger partial charge in [0.05, 0.1) is 17.9 Å². The number of ether oxygens (including phenoxy) is 1. The van der Waals surface area contributed by atoms with Crippen LogP contribution in [0.5, 0.6) is 5.75 Å². The Morgan fingerprint density at radius 2 is 2.00 bits per heavy atom. The molecule has 0 atom stereocenters. The predicted octanol–water partition coefficient (Wildman–Crippen LogP) is 2.01. The smallest absolute Gasteiger partial charge is 0.265 e. The molecule has 4 heteroatoms. The summed E-state index contributed by atoms with van der Waals surface area (Å²) in [7, 11) is 0. The Bertz CT molecular complexity index is 569. The molecule has 2 heterocycles. The second-order valence-electron chi connectivity index (χ2n) is 4.06. The fourth-order valence-corrected chi connectivity index (χ4v) is 1.98. The van der Waals surface area contributed by atoms with Crippen LogP contribution >= 0.6 is 0 Å². The predicted molar refractivity (Wildman–Crippen MR) is 67.4 cm³/mol. The highest BCUT2D eigenvalue weighted by Crippen LogP contribution is 2.32. The van der Waals surface area contributed by atoms with Gasteiger partial charge in [-0.3, -0.25) is 14.7 Å². The number of anilines is 1. The van der Waals surface area contributed by atoms with E-state index in [4.69, 9.17) is 4.74 Å². The summed E-state index contributed by atoms with van der Waals surface area (Å²) in [5.74, 6) is 0.701. The first kappa shape index (κ1) is 10.8. The Hall–Kier alpha value is -2.36. The quantitative estimate of drug-likeness (QED) is 0.806. The number of aromatic nitrogens is 1. The molecule has 1 aromatic carbocycles. The highest BCUT2D eigenvalue weighted by molar-refractivity contribution is 5.97. The monoisotopic (exact) mass is 240 g/mol. The molecule has 0 spiro atoms. The van der Waals surface area contributed by atoms with Crippen molar-refractivity contribution in [1.29, 1.82) is 0 Å². The number of pyridine rings is 1. The zero-order valence-corrected chi connectivity index (χ0v) is 9.74. The highest BCUT2D eigenvalue weighted by Gasteiger charge is 2.25. The van der Waals surface area contributed by atoms with E-state index in [0.29, 0.717) is 6.54 Å². The fourth-order valence-electron chi connectivity index (χ4n) is 1.98. The Morgan fingerprint density at radius 3 is 2.83 bits per heavy atom. The highest BCUT2D eigenvalue weighted by atomic mass is 16.5. The summed E-state index contributed by atoms with van der Waals surface area (Å²) >= 11 is 0. The summed E-state index contributed by atoms with van der Waals surface area (Å²) in [5.41, 5.74) is 1.67. The zero-order valence-electron chi connectivity index (χ0n) is 9.74. The number of hydrogen-bond acceptors (Lipinski definition) is 3. The lowest BCUT2D eigenvalue weighted by molar-refractivity contribution is -0.121. The van der Waals surface area contributed by atoms with Gasteiger partial charge in [0.1, 0.15) is 5.75 Å². The van der Waals surface area contributed by atoms with Crippen molar-refractivity contribution in [2.24, 2.45) is 0 Å². The molecule has 0 fully saturated rings. The van der Waals surface area contributed by atoms with E-state index in [9.17, 15) is 4.79 Å². The number of hydrogen-bond donors (Lipinski definition) is 0. The molecule has 0 unspecified atom stereocenters. The summed E-state index contributed by atoms with van der Waals surface area (Å²) < 4.78 is 5.39. The van der Waals surface area contributed by atoms with Crippen LogP contribution in [0.15, 0.2) is 48.7 Å². The summed E-state index contributed by atoms with van der Waals surface area (Å²) in [4.78, 5) is 17.9. The number of carbonyl (C=O) groups is 1. The third-order valence-electron chi connectivity index (χ3n) is 2.85. The Kier molecular flexibility index (Phi) is 2.68. The fraction of sp³-hybridized carbons (Fsp3) is 0.143. The van der Waals surface area contributed by atoms with Gasteiger partial charge in [-0.25, -0.2) is 0 Å². The van der Waals surface area contributed by atoms with Gasteiger partial charge in [0.25, 0.3) is 5.91 Å². The summed E-state index contributed by atoms with van der Waals surface area (Å²) in [6.07, 6.45) is 1.73. The molecule has 1 aliphatic rings. The number of benzene rings is 1. The van der Waals surface area contributed by atoms with Crippen LogP contribution in [-0.4, -0.2) is 17.5 Å². The topological polar surface area (TPSA) is 42.4 Å². The lowest BCUT2D eigenvalue weighted by Gasteiger charge is -2.28. The SMILES string of the molecule is O=C1COc2ccccc2N1Cc1ccccn1. The van der Waals surface area contributed by atoms with Crippen molar-refractivity contribution in [3.05, 3.63) is 54.4 Å². The first-order valence-electron chi connectivity index (χ1n) is 5.77. The van der Waals surface area contributed by atoms with Crippen molar-refractivity contribution in [2.75, 3.05) is 11.5 Å². The van der Waals surface area contributed by atoms with E-state index in [2.05, 4.69) is 4.98 Å². The van der Waals surface area contributed by atoms with E-state index in [1.54, 1.807) is 11.1 Å². The standard InChI is InChI=1S/C14H12N2O2/c17-14-10-18-13-7-2-1-6-12(13)16(14)9-11-5-3-4-8-15-11/h1-8H,9-10H2. The molecule has 0 radical (unpaired) electrons. The van der Waals surface area contributed by atoms with Crippen LogP contribution in [0.25, 0.3) is 0 Å². The first-order chi connectivity index (χ1) is 8.84. The minimum absolute atomic E-state index is 0.0423. The van der Waals surface area contributed by atoms with Crippen molar-refractivity contribution in [3.63, 3.8) is 0 Å². The van der Waals surface area contributed by atoms with Crippen molar-refractivity contribution >= 4 is 11.6 Å². The molecule has 0 N–H and O–H groups in total. The van der Waals surface area contributed by atoms with Crippen LogP contribution in [0.3, 0.4) is 0 Å². The van der Waals surface area contributed by atoms with Gasteiger partial charge in [-0.1, -0.05) is 18.2 Å². The number of fused-ring (bicyclic) bond motifs is 1. The van der Waals surface area contributed by atoms with Gasteiger partial charge >= 0.3 is 0 Å². The van der Waals surface area contributed by atoms with Gasteiger partial charge in [0, 0.05) is 6.20 Å². The van der Waals surface area contributed by atoms with Crippen molar-refractivity contribution in [3.8, 4) is 5.75 Å². The molecular weight excluding hydrogens is 228 g/mol. The number of rotatable bonds is 2. The second-order valence-corrected chi connectivity index (χ2v) is 4.06. The molecule has 3 rings (SSSR count). The molecule has 90 valence electrons. The molecule has 1 aromatic heterocycles. The van der Waals surface area contributed by atoms with Crippen LogP contribution in [-0.2, 0) is 11.3 Å². The molecule has 1 aliphatic heterocycles. The lowest BCUT2D eigenvalue weighted by Crippen LogP contribution is -2.38. The van der Waals surface area contributed by atoms with Gasteiger partial charge in [-0.15, -0.1) is 0 Å². The van der Waals surface area contributed by atoms with E-state index in [1.807, 2.05) is 42.5 Å². The molecule has 0 saturated heterocycles. The van der Waals surface area contributed by atoms with Crippen LogP contribution in [0, 0.1) is 0 Å². The summed E-state index contributed by atoms with van der Waals surface area (Å²) in [6, 6.07) is 13.2. The molecule has 4 nitrogen and oxygen atoms in total. The van der Waals surface area contributed by atoms with Crippen LogP contribution in [0.2, 0.25) is 0 Å². The van der Waals surface area contributed by atoms with Crippen molar-refractivity contribution in [2.45, 2.75) is 6.54 Å². The average Bonchev–Trinajstić information content (AvgIpc) is 2.43. The molecule has 0 saturated carbocycles. The molecule has 1 amide bonds. The third-order valence-corrected chi connectivity index (χ3v) is 2.85. The van der Waals surface area contributed by atoms with E-state index in [1.165, 1.54) is 0 Å². The van der Waals surface area contributed by atoms with Crippen LogP contribution in [0.4, 0.5) is 5.69 Å². The van der Waals surface area contributed by atoms with Gasteiger partial charge < -0.3 is 4.74 Å². The minimum Gasteiger partial charge on any atom is -0.482 e. The minimum atomic E-state index is -0.0423. The molecular formula is C14H12N2O2. The largest absolute Gasteiger partial charge is 0.482 e. The zero-order chi connectivity index (χ0) is 12.4. The molecule has 2 aromatic rings. The Morgan fingerprint density at radius 1 is 1.17 bits per heavy atom. The first-order valence-corrected chi connectivity index (χ1v) is 5.77. The third kappa shape index (κ3) is 1.93. The lowest BCUT2D eigenvalue weighted by atomic mass is 10.2. The normalized spacial score (nSPS) is 14.0. The van der Waals surface area contributed by atoms with E-state index in [0.717, 1.165) is 17.1 Å². The second kappa shape index (κ2) is 4.49. The van der Waals surface area contributed by atoms with E-state index in [-0.39, 0.29) is 12.5 Å². The summed E-state index contributed by atoms with van der Waals surface area (Å²) in [6.45, 7) is 0.559. The Balaban J connectivity index is 1.94. The van der Waals surface area contributed by atoms with Crippen LogP contribution in [0.1, 0.15) is 5.69 Å². The number of nitrogens with zero attached hydrogens (tertiary/aromatic N) is 2. The van der Waals surface area contributed by atoms with E-state index < -0.39 is 0 Å².